The number of ether oxygens (including phenoxy) is 1. The van der Waals surface area contributed by atoms with Crippen molar-refractivity contribution in [2.24, 2.45) is 0 Å². The lowest BCUT2D eigenvalue weighted by atomic mass is 10.0. The Balaban J connectivity index is 1.77. The van der Waals surface area contributed by atoms with Gasteiger partial charge in [-0.25, -0.2) is 4.39 Å². The standard InChI is InChI=1S/C24H19FN2O3/c1-15-6-11-21(30-2)20(13-15)26-24(29)23(28)22-19(16-7-9-17(25)10-8-16)14-18-5-3-4-12-27(18)22/h3-14H,1-2H3,(H,26,29). The van der Waals surface area contributed by atoms with Gasteiger partial charge in [-0.05, 0) is 60.5 Å². The van der Waals surface area contributed by atoms with Crippen molar-refractivity contribution < 1.29 is 18.7 Å². The van der Waals surface area contributed by atoms with Gasteiger partial charge in [0.05, 0.1) is 12.8 Å². The Morgan fingerprint density at radius 1 is 1.00 bits per heavy atom. The molecular formula is C24H19FN2O3. The number of pyridine rings is 1. The fraction of sp³-hybridized carbons (Fsp3) is 0.0833. The zero-order chi connectivity index (χ0) is 21.3. The summed E-state index contributed by atoms with van der Waals surface area (Å²) in [7, 11) is 1.50. The molecule has 4 rings (SSSR count). The summed E-state index contributed by atoms with van der Waals surface area (Å²) in [6.45, 7) is 1.88. The van der Waals surface area contributed by atoms with E-state index in [0.717, 1.165) is 11.1 Å². The maximum Gasteiger partial charge on any atom is 0.298 e. The Morgan fingerprint density at radius 2 is 1.77 bits per heavy atom. The SMILES string of the molecule is COc1ccc(C)cc1NC(=O)C(=O)c1c(-c2ccc(F)cc2)cc2ccccn12. The molecule has 6 heteroatoms. The lowest BCUT2D eigenvalue weighted by Gasteiger charge is -2.11. The van der Waals surface area contributed by atoms with Crippen molar-refractivity contribution in [3.05, 3.63) is 90.0 Å². The van der Waals surface area contributed by atoms with Gasteiger partial charge in [0, 0.05) is 17.3 Å². The van der Waals surface area contributed by atoms with Crippen molar-refractivity contribution in [1.82, 2.24) is 4.40 Å². The lowest BCUT2D eigenvalue weighted by molar-refractivity contribution is -0.112. The third-order valence-corrected chi connectivity index (χ3v) is 4.86. The first kappa shape index (κ1) is 19.4. The largest absolute Gasteiger partial charge is 0.495 e. The molecule has 0 bridgehead atoms. The van der Waals surface area contributed by atoms with E-state index < -0.39 is 11.7 Å². The highest BCUT2D eigenvalue weighted by atomic mass is 19.1. The van der Waals surface area contributed by atoms with E-state index >= 15 is 0 Å². The van der Waals surface area contributed by atoms with Crippen molar-refractivity contribution in [3.8, 4) is 16.9 Å². The number of hydrogen-bond donors (Lipinski definition) is 1. The first-order chi connectivity index (χ1) is 14.5. The number of fused-ring (bicyclic) bond motifs is 1. The first-order valence-corrected chi connectivity index (χ1v) is 9.34. The number of nitrogens with one attached hydrogen (secondary N) is 1. The molecule has 5 nitrogen and oxygen atoms in total. The number of Topliss-reactive ketones (excluding diaryl/α,β-unsaturated/α-hetero) is 1. The number of methoxy groups -OCH3 is 1. The Labute approximate surface area is 172 Å². The molecule has 1 amide bonds. The molecule has 2 aromatic carbocycles. The van der Waals surface area contributed by atoms with Gasteiger partial charge in [-0.15, -0.1) is 0 Å². The van der Waals surface area contributed by atoms with Crippen LogP contribution in [-0.2, 0) is 4.79 Å². The third-order valence-electron chi connectivity index (χ3n) is 4.86. The van der Waals surface area contributed by atoms with Crippen molar-refractivity contribution in [1.29, 1.82) is 0 Å². The summed E-state index contributed by atoms with van der Waals surface area (Å²) in [5, 5.41) is 2.66. The van der Waals surface area contributed by atoms with Crippen molar-refractivity contribution in [3.63, 3.8) is 0 Å². The normalized spacial score (nSPS) is 10.8. The van der Waals surface area contributed by atoms with Crippen molar-refractivity contribution in [2.75, 3.05) is 12.4 Å². The van der Waals surface area contributed by atoms with E-state index in [2.05, 4.69) is 5.32 Å². The summed E-state index contributed by atoms with van der Waals surface area (Å²) in [5.74, 6) is -1.41. The summed E-state index contributed by atoms with van der Waals surface area (Å²) < 4.78 is 20.3. The van der Waals surface area contributed by atoms with E-state index in [9.17, 15) is 14.0 Å². The molecule has 0 aliphatic carbocycles. The summed E-state index contributed by atoms with van der Waals surface area (Å²) in [5.41, 5.74) is 3.49. The van der Waals surface area contributed by atoms with E-state index in [1.165, 1.54) is 19.2 Å². The molecule has 1 N–H and O–H groups in total. The average molecular weight is 402 g/mol. The van der Waals surface area contributed by atoms with Gasteiger partial charge in [-0.1, -0.05) is 24.3 Å². The zero-order valence-corrected chi connectivity index (χ0v) is 16.5. The van der Waals surface area contributed by atoms with Crippen LogP contribution in [-0.4, -0.2) is 23.2 Å². The van der Waals surface area contributed by atoms with Gasteiger partial charge in [-0.2, -0.15) is 0 Å². The number of anilines is 1. The molecule has 30 heavy (non-hydrogen) atoms. The molecule has 0 spiro atoms. The second kappa shape index (κ2) is 7.83. The molecule has 2 heterocycles. The molecular weight excluding hydrogens is 383 g/mol. The van der Waals surface area contributed by atoms with Crippen LogP contribution in [0.4, 0.5) is 10.1 Å². The Morgan fingerprint density at radius 3 is 2.50 bits per heavy atom. The van der Waals surface area contributed by atoms with E-state index in [4.69, 9.17) is 4.74 Å². The van der Waals surface area contributed by atoms with Gasteiger partial charge in [0.15, 0.2) is 0 Å². The number of rotatable bonds is 5. The van der Waals surface area contributed by atoms with E-state index in [1.807, 2.05) is 25.1 Å². The lowest BCUT2D eigenvalue weighted by Crippen LogP contribution is -2.25. The van der Waals surface area contributed by atoms with Crippen molar-refractivity contribution >= 4 is 22.9 Å². The Hall–Kier alpha value is -3.93. The van der Waals surface area contributed by atoms with Crippen LogP contribution in [0.5, 0.6) is 5.75 Å². The molecule has 150 valence electrons. The van der Waals surface area contributed by atoms with Crippen LogP contribution < -0.4 is 10.1 Å². The predicted molar refractivity (Wildman–Crippen MR) is 113 cm³/mol. The number of ketones is 1. The molecule has 0 aliphatic rings. The van der Waals surface area contributed by atoms with Crippen LogP contribution in [0.3, 0.4) is 0 Å². The fourth-order valence-electron chi connectivity index (χ4n) is 3.41. The van der Waals surface area contributed by atoms with Crippen LogP contribution in [0.2, 0.25) is 0 Å². The minimum Gasteiger partial charge on any atom is -0.495 e. The second-order valence-electron chi connectivity index (χ2n) is 6.90. The maximum atomic E-state index is 13.4. The van der Waals surface area contributed by atoms with Crippen LogP contribution in [0.1, 0.15) is 16.1 Å². The number of hydrogen-bond acceptors (Lipinski definition) is 3. The van der Waals surface area contributed by atoms with Gasteiger partial charge in [0.1, 0.15) is 17.3 Å². The number of nitrogens with zero attached hydrogens (tertiary/aromatic N) is 1. The van der Waals surface area contributed by atoms with Gasteiger partial charge < -0.3 is 14.5 Å². The molecule has 0 atom stereocenters. The smallest absolute Gasteiger partial charge is 0.298 e. The van der Waals surface area contributed by atoms with Crippen LogP contribution in [0, 0.1) is 12.7 Å². The predicted octanol–water partition coefficient (Wildman–Crippen LogP) is 4.88. The first-order valence-electron chi connectivity index (χ1n) is 9.34. The van der Waals surface area contributed by atoms with E-state index in [-0.39, 0.29) is 11.5 Å². The molecule has 0 radical (unpaired) electrons. The van der Waals surface area contributed by atoms with E-state index in [1.54, 1.807) is 47.0 Å². The number of halogens is 1. The average Bonchev–Trinajstić information content (AvgIpc) is 3.13. The third kappa shape index (κ3) is 3.55. The van der Waals surface area contributed by atoms with Gasteiger partial charge in [-0.3, -0.25) is 9.59 Å². The van der Waals surface area contributed by atoms with Crippen LogP contribution >= 0.6 is 0 Å². The topological polar surface area (TPSA) is 59.8 Å². The second-order valence-corrected chi connectivity index (χ2v) is 6.90. The molecule has 0 saturated heterocycles. The molecule has 0 aliphatic heterocycles. The number of aromatic nitrogens is 1. The number of carbonyl (C=O) groups is 2. The zero-order valence-electron chi connectivity index (χ0n) is 16.5. The molecule has 0 unspecified atom stereocenters. The minimum absolute atomic E-state index is 0.210. The van der Waals surface area contributed by atoms with Gasteiger partial charge in [0.25, 0.3) is 11.7 Å². The molecule has 4 aromatic rings. The van der Waals surface area contributed by atoms with Crippen LogP contribution in [0.25, 0.3) is 16.6 Å². The van der Waals surface area contributed by atoms with Crippen LogP contribution in [0.15, 0.2) is 72.9 Å². The minimum atomic E-state index is -0.786. The van der Waals surface area contributed by atoms with Gasteiger partial charge >= 0.3 is 0 Å². The summed E-state index contributed by atoms with van der Waals surface area (Å²) in [6, 6.07) is 18.4. The highest BCUT2D eigenvalue weighted by Crippen LogP contribution is 2.30. The van der Waals surface area contributed by atoms with Gasteiger partial charge in [0.2, 0.25) is 0 Å². The summed E-state index contributed by atoms with van der Waals surface area (Å²) in [4.78, 5) is 26.1. The number of benzene rings is 2. The monoisotopic (exact) mass is 402 g/mol. The highest BCUT2D eigenvalue weighted by Gasteiger charge is 2.25. The number of aryl methyl sites for hydroxylation is 1. The Bertz CT molecular complexity index is 1260. The number of amides is 1. The molecule has 2 aromatic heterocycles. The van der Waals surface area contributed by atoms with E-state index in [0.29, 0.717) is 22.6 Å². The fourth-order valence-corrected chi connectivity index (χ4v) is 3.41. The summed E-state index contributed by atoms with van der Waals surface area (Å²) >= 11 is 0. The maximum absolute atomic E-state index is 13.4. The number of carbonyl (C=O) groups excluding carboxylic acids is 2. The van der Waals surface area contributed by atoms with Crippen molar-refractivity contribution in [2.45, 2.75) is 6.92 Å². The molecule has 0 fully saturated rings. The molecule has 0 saturated carbocycles. The Kier molecular flexibility index (Phi) is 5.06. The quantitative estimate of drug-likeness (QED) is 0.382. The summed E-state index contributed by atoms with van der Waals surface area (Å²) in [6.07, 6.45) is 1.72. The highest BCUT2D eigenvalue weighted by molar-refractivity contribution is 6.47.